The van der Waals surface area contributed by atoms with Crippen molar-refractivity contribution in [3.05, 3.63) is 93.8 Å². The minimum absolute atomic E-state index is 0.0497. The molecule has 1 aliphatic heterocycles. The van der Waals surface area contributed by atoms with Crippen molar-refractivity contribution in [2.24, 2.45) is 0 Å². The largest absolute Gasteiger partial charge is 0.339 e. The van der Waals surface area contributed by atoms with Gasteiger partial charge in [-0.15, -0.1) is 0 Å². The normalized spacial score (nSPS) is 13.7. The quantitative estimate of drug-likeness (QED) is 0.629. The van der Waals surface area contributed by atoms with Crippen LogP contribution in [-0.2, 0) is 11.3 Å². The van der Waals surface area contributed by atoms with Crippen LogP contribution in [0.15, 0.2) is 71.5 Å². The average Bonchev–Trinajstić information content (AvgIpc) is 2.81. The maximum absolute atomic E-state index is 12.7. The molecule has 1 aliphatic rings. The molecule has 0 spiro atoms. The van der Waals surface area contributed by atoms with E-state index in [4.69, 9.17) is 0 Å². The molecular formula is C26H27N3O2. The van der Waals surface area contributed by atoms with E-state index in [0.717, 1.165) is 17.7 Å². The lowest BCUT2D eigenvalue weighted by atomic mass is 9.99. The molecule has 5 heteroatoms. The maximum atomic E-state index is 12.7. The first kappa shape index (κ1) is 20.8. The summed E-state index contributed by atoms with van der Waals surface area (Å²) in [7, 11) is 0. The maximum Gasteiger partial charge on any atom is 0.266 e. The first-order valence-electron chi connectivity index (χ1n) is 10.7. The molecule has 2 aromatic carbocycles. The summed E-state index contributed by atoms with van der Waals surface area (Å²) < 4.78 is 1.40. The highest BCUT2D eigenvalue weighted by atomic mass is 16.2. The molecule has 0 radical (unpaired) electrons. The van der Waals surface area contributed by atoms with Gasteiger partial charge in [0.25, 0.3) is 5.56 Å². The summed E-state index contributed by atoms with van der Waals surface area (Å²) >= 11 is 0. The van der Waals surface area contributed by atoms with Crippen LogP contribution >= 0.6 is 0 Å². The highest BCUT2D eigenvalue weighted by molar-refractivity contribution is 5.78. The number of carbonyl (C=O) groups excluding carboxylic acids is 1. The molecule has 5 nitrogen and oxygen atoms in total. The predicted octanol–water partition coefficient (Wildman–Crippen LogP) is 4.23. The van der Waals surface area contributed by atoms with Crippen molar-refractivity contribution in [3.63, 3.8) is 0 Å². The highest BCUT2D eigenvalue weighted by Crippen LogP contribution is 2.22. The molecule has 0 aliphatic carbocycles. The van der Waals surface area contributed by atoms with E-state index in [1.54, 1.807) is 6.07 Å². The third kappa shape index (κ3) is 4.82. The van der Waals surface area contributed by atoms with E-state index >= 15 is 0 Å². The molecule has 0 saturated heterocycles. The van der Waals surface area contributed by atoms with E-state index in [2.05, 4.69) is 49.3 Å². The van der Waals surface area contributed by atoms with Gasteiger partial charge >= 0.3 is 0 Å². The lowest BCUT2D eigenvalue weighted by molar-refractivity contribution is -0.131. The first-order chi connectivity index (χ1) is 15.0. The Hall–Kier alpha value is -3.47. The molecule has 0 bridgehead atoms. The van der Waals surface area contributed by atoms with Crippen LogP contribution in [0.25, 0.3) is 16.8 Å². The van der Waals surface area contributed by atoms with Gasteiger partial charge in [0.15, 0.2) is 0 Å². The zero-order valence-electron chi connectivity index (χ0n) is 18.0. The summed E-state index contributed by atoms with van der Waals surface area (Å²) in [5.41, 5.74) is 6.41. The van der Waals surface area contributed by atoms with Gasteiger partial charge in [0, 0.05) is 31.1 Å². The van der Waals surface area contributed by atoms with Crippen molar-refractivity contribution in [1.82, 2.24) is 14.7 Å². The monoisotopic (exact) mass is 413 g/mol. The van der Waals surface area contributed by atoms with Gasteiger partial charge in [-0.3, -0.25) is 9.59 Å². The number of nitrogens with zero attached hydrogens (tertiary/aromatic N) is 3. The zero-order valence-corrected chi connectivity index (χ0v) is 18.0. The molecule has 4 rings (SSSR count). The summed E-state index contributed by atoms with van der Waals surface area (Å²) in [4.78, 5) is 26.8. The van der Waals surface area contributed by atoms with Gasteiger partial charge in [-0.25, -0.2) is 4.68 Å². The molecule has 3 aromatic rings. The summed E-state index contributed by atoms with van der Waals surface area (Å²) in [5.74, 6) is 0.0497. The Kier molecular flexibility index (Phi) is 6.12. The van der Waals surface area contributed by atoms with Crippen LogP contribution in [0.2, 0.25) is 0 Å². The van der Waals surface area contributed by atoms with E-state index in [1.807, 2.05) is 29.2 Å². The Balaban J connectivity index is 1.41. The molecule has 0 atom stereocenters. The van der Waals surface area contributed by atoms with Crippen molar-refractivity contribution in [2.75, 3.05) is 13.1 Å². The zero-order chi connectivity index (χ0) is 21.8. The fourth-order valence-corrected chi connectivity index (χ4v) is 3.83. The van der Waals surface area contributed by atoms with Crippen LogP contribution in [0.4, 0.5) is 0 Å². The van der Waals surface area contributed by atoms with Crippen LogP contribution in [0, 0.1) is 13.8 Å². The van der Waals surface area contributed by atoms with Crippen LogP contribution in [0.3, 0.4) is 0 Å². The van der Waals surface area contributed by atoms with Gasteiger partial charge in [0.05, 0.1) is 12.2 Å². The Morgan fingerprint density at radius 2 is 1.77 bits per heavy atom. The van der Waals surface area contributed by atoms with Gasteiger partial charge in [-0.05, 0) is 54.7 Å². The molecular weight excluding hydrogens is 386 g/mol. The Labute approximate surface area is 182 Å². The van der Waals surface area contributed by atoms with E-state index in [1.165, 1.54) is 33.0 Å². The lowest BCUT2D eigenvalue weighted by Gasteiger charge is -2.26. The second kappa shape index (κ2) is 9.13. The topological polar surface area (TPSA) is 55.2 Å². The number of hydrogen-bond donors (Lipinski definition) is 0. The third-order valence-electron chi connectivity index (χ3n) is 5.91. The molecule has 0 fully saturated rings. The van der Waals surface area contributed by atoms with E-state index in [0.29, 0.717) is 13.1 Å². The standard InChI is InChI=1S/C26H27N3O2/c1-19-8-9-23(18-20(19)2)24-10-11-26(31)29(27-24)17-14-25(30)28-15-12-22(13-16-28)21-6-4-3-5-7-21/h3-12,18H,13-17H2,1-2H3. The minimum Gasteiger partial charge on any atom is -0.339 e. The Morgan fingerprint density at radius 3 is 2.48 bits per heavy atom. The van der Waals surface area contributed by atoms with Gasteiger partial charge in [-0.1, -0.05) is 48.5 Å². The van der Waals surface area contributed by atoms with E-state index in [-0.39, 0.29) is 24.4 Å². The first-order valence-corrected chi connectivity index (χ1v) is 10.7. The molecule has 158 valence electrons. The summed E-state index contributed by atoms with van der Waals surface area (Å²) in [5, 5.41) is 4.50. The number of hydrogen-bond acceptors (Lipinski definition) is 3. The molecule has 0 unspecified atom stereocenters. The van der Waals surface area contributed by atoms with Crippen LogP contribution in [0.1, 0.15) is 29.5 Å². The summed E-state index contributed by atoms with van der Waals surface area (Å²) in [6.07, 6.45) is 3.23. The molecule has 0 saturated carbocycles. The van der Waals surface area contributed by atoms with Gasteiger partial charge in [-0.2, -0.15) is 5.10 Å². The number of aromatic nitrogens is 2. The second-order valence-electron chi connectivity index (χ2n) is 8.01. The number of aryl methyl sites for hydroxylation is 3. The van der Waals surface area contributed by atoms with E-state index in [9.17, 15) is 9.59 Å². The number of carbonyl (C=O) groups is 1. The summed E-state index contributed by atoms with van der Waals surface area (Å²) in [6, 6.07) is 19.7. The third-order valence-corrected chi connectivity index (χ3v) is 5.91. The van der Waals surface area contributed by atoms with Crippen LogP contribution in [0.5, 0.6) is 0 Å². The fourth-order valence-electron chi connectivity index (χ4n) is 3.83. The van der Waals surface area contributed by atoms with Gasteiger partial charge in [0.1, 0.15) is 0 Å². The number of benzene rings is 2. The molecule has 31 heavy (non-hydrogen) atoms. The fraction of sp³-hybridized carbons (Fsp3) is 0.269. The number of amides is 1. The second-order valence-corrected chi connectivity index (χ2v) is 8.01. The van der Waals surface area contributed by atoms with Crippen molar-refractivity contribution >= 4 is 11.5 Å². The molecule has 1 amide bonds. The van der Waals surface area contributed by atoms with Gasteiger partial charge < -0.3 is 4.90 Å². The SMILES string of the molecule is Cc1ccc(-c2ccc(=O)n(CCC(=O)N3CC=C(c4ccccc4)CC3)n2)cc1C. The van der Waals surface area contributed by atoms with Gasteiger partial charge in [0.2, 0.25) is 5.91 Å². The highest BCUT2D eigenvalue weighted by Gasteiger charge is 2.18. The molecule has 0 N–H and O–H groups in total. The van der Waals surface area contributed by atoms with Crippen LogP contribution < -0.4 is 5.56 Å². The molecule has 2 heterocycles. The van der Waals surface area contributed by atoms with Crippen molar-refractivity contribution in [3.8, 4) is 11.3 Å². The Morgan fingerprint density at radius 1 is 0.968 bits per heavy atom. The van der Waals surface area contributed by atoms with Crippen LogP contribution in [-0.4, -0.2) is 33.7 Å². The van der Waals surface area contributed by atoms with Crippen molar-refractivity contribution in [2.45, 2.75) is 33.2 Å². The van der Waals surface area contributed by atoms with Crippen molar-refractivity contribution < 1.29 is 4.79 Å². The van der Waals surface area contributed by atoms with E-state index < -0.39 is 0 Å². The Bertz CT molecular complexity index is 1180. The minimum atomic E-state index is -0.190. The summed E-state index contributed by atoms with van der Waals surface area (Å²) in [6.45, 7) is 5.71. The number of rotatable bonds is 5. The smallest absolute Gasteiger partial charge is 0.266 e. The average molecular weight is 414 g/mol. The van der Waals surface area contributed by atoms with Crippen molar-refractivity contribution in [1.29, 1.82) is 0 Å². The predicted molar refractivity (Wildman–Crippen MR) is 124 cm³/mol. The lowest BCUT2D eigenvalue weighted by Crippen LogP contribution is -2.36. The molecule has 1 aromatic heterocycles.